The monoisotopic (exact) mass is 309 g/mol. The number of rotatable bonds is 2. The summed E-state index contributed by atoms with van der Waals surface area (Å²) >= 11 is 1.55. The van der Waals surface area contributed by atoms with Crippen molar-refractivity contribution in [3.63, 3.8) is 0 Å². The van der Waals surface area contributed by atoms with Crippen LogP contribution in [0.3, 0.4) is 0 Å². The fraction of sp³-hybridized carbons (Fsp3) is 0.308. The lowest BCUT2D eigenvalue weighted by Gasteiger charge is -2.12. The van der Waals surface area contributed by atoms with E-state index in [1.807, 2.05) is 19.2 Å². The summed E-state index contributed by atoms with van der Waals surface area (Å²) in [7, 11) is 2.02. The van der Waals surface area contributed by atoms with Gasteiger partial charge in [-0.15, -0.1) is 22.6 Å². The molecule has 0 fully saturated rings. The number of anilines is 1. The van der Waals surface area contributed by atoms with E-state index >= 15 is 0 Å². The van der Waals surface area contributed by atoms with E-state index in [2.05, 4.69) is 44.5 Å². The van der Waals surface area contributed by atoms with Gasteiger partial charge in [0.05, 0.1) is 6.54 Å². The van der Waals surface area contributed by atoms with Gasteiger partial charge in [0.25, 0.3) is 0 Å². The first-order valence-corrected chi connectivity index (χ1v) is 6.98. The maximum atomic E-state index is 4.38. The highest BCUT2D eigenvalue weighted by molar-refractivity contribution is 7.18. The van der Waals surface area contributed by atoms with E-state index < -0.39 is 0 Å². The van der Waals surface area contributed by atoms with E-state index in [0.29, 0.717) is 0 Å². The molecule has 1 aliphatic rings. The van der Waals surface area contributed by atoms with Crippen LogP contribution < -0.4 is 5.32 Å². The molecule has 0 spiro atoms. The SMILES string of the molecule is Cc1ccccc1-c1nnc(NC2=NCCN2C)s1.Cl. The molecular formula is C13H16ClN5S. The lowest BCUT2D eigenvalue weighted by molar-refractivity contribution is 0.554. The standard InChI is InChI=1S/C13H15N5S.ClH/c1-9-5-3-4-6-10(9)11-16-17-13(19-11)15-12-14-7-8-18(12)2;/h3-6H,7-8H2,1-2H3,(H,14,15,17);1H. The summed E-state index contributed by atoms with van der Waals surface area (Å²) in [6, 6.07) is 8.20. The number of nitrogens with one attached hydrogen (secondary N) is 1. The van der Waals surface area contributed by atoms with Crippen LogP contribution in [0.1, 0.15) is 5.56 Å². The van der Waals surface area contributed by atoms with E-state index in [9.17, 15) is 0 Å². The number of aliphatic imine (C=N–C) groups is 1. The second-order valence-corrected chi connectivity index (χ2v) is 5.46. The number of hydrogen-bond donors (Lipinski definition) is 1. The molecule has 5 nitrogen and oxygen atoms in total. The van der Waals surface area contributed by atoms with Gasteiger partial charge in [-0.05, 0) is 12.5 Å². The van der Waals surface area contributed by atoms with E-state index in [-0.39, 0.29) is 12.4 Å². The normalized spacial score (nSPS) is 13.9. The van der Waals surface area contributed by atoms with Gasteiger partial charge in [-0.1, -0.05) is 35.6 Å². The van der Waals surface area contributed by atoms with Crippen LogP contribution in [0.25, 0.3) is 10.6 Å². The predicted octanol–water partition coefficient (Wildman–Crippen LogP) is 2.65. The highest BCUT2D eigenvalue weighted by Gasteiger charge is 2.15. The van der Waals surface area contributed by atoms with Crippen molar-refractivity contribution in [2.24, 2.45) is 4.99 Å². The van der Waals surface area contributed by atoms with Crippen LogP contribution in [-0.4, -0.2) is 41.2 Å². The zero-order valence-corrected chi connectivity index (χ0v) is 13.0. The van der Waals surface area contributed by atoms with Crippen LogP contribution in [0.5, 0.6) is 0 Å². The first kappa shape index (κ1) is 14.7. The Morgan fingerprint density at radius 1 is 1.25 bits per heavy atom. The summed E-state index contributed by atoms with van der Waals surface area (Å²) in [6.07, 6.45) is 0. The molecule has 0 saturated carbocycles. The van der Waals surface area contributed by atoms with Crippen molar-refractivity contribution in [2.75, 3.05) is 25.5 Å². The van der Waals surface area contributed by atoms with Crippen LogP contribution in [0, 0.1) is 6.92 Å². The van der Waals surface area contributed by atoms with E-state index in [0.717, 1.165) is 34.8 Å². The van der Waals surface area contributed by atoms with Gasteiger partial charge in [0.2, 0.25) is 5.13 Å². The van der Waals surface area contributed by atoms with Crippen LogP contribution in [0.15, 0.2) is 29.3 Å². The van der Waals surface area contributed by atoms with E-state index in [1.54, 1.807) is 11.3 Å². The molecule has 0 amide bonds. The summed E-state index contributed by atoms with van der Waals surface area (Å²) in [6.45, 7) is 3.87. The molecule has 1 aliphatic heterocycles. The zero-order valence-electron chi connectivity index (χ0n) is 11.3. The maximum absolute atomic E-state index is 4.38. The third-order valence-electron chi connectivity index (χ3n) is 3.08. The Morgan fingerprint density at radius 2 is 2.05 bits per heavy atom. The number of guanidine groups is 1. The molecule has 1 aromatic carbocycles. The summed E-state index contributed by atoms with van der Waals surface area (Å²) < 4.78 is 0. The summed E-state index contributed by atoms with van der Waals surface area (Å²) in [5, 5.41) is 13.4. The average molecular weight is 310 g/mol. The second kappa shape index (κ2) is 6.19. The van der Waals surface area contributed by atoms with Crippen molar-refractivity contribution >= 4 is 34.8 Å². The van der Waals surface area contributed by atoms with Gasteiger partial charge in [0.15, 0.2) is 5.96 Å². The molecule has 0 radical (unpaired) electrons. The molecule has 0 atom stereocenters. The molecule has 7 heteroatoms. The van der Waals surface area contributed by atoms with E-state index in [4.69, 9.17) is 0 Å². The topological polar surface area (TPSA) is 53.4 Å². The Bertz CT molecular complexity index is 625. The zero-order chi connectivity index (χ0) is 13.2. The van der Waals surface area contributed by atoms with Crippen LogP contribution in [-0.2, 0) is 0 Å². The molecule has 1 aromatic heterocycles. The highest BCUT2D eigenvalue weighted by atomic mass is 35.5. The molecule has 2 aromatic rings. The number of nitrogens with zero attached hydrogens (tertiary/aromatic N) is 4. The Labute approximate surface area is 128 Å². The van der Waals surface area contributed by atoms with Gasteiger partial charge in [0.1, 0.15) is 5.01 Å². The smallest absolute Gasteiger partial charge is 0.212 e. The minimum absolute atomic E-state index is 0. The van der Waals surface area contributed by atoms with Crippen LogP contribution in [0.2, 0.25) is 0 Å². The molecule has 0 saturated heterocycles. The quantitative estimate of drug-likeness (QED) is 0.926. The Balaban J connectivity index is 0.00000147. The third-order valence-corrected chi connectivity index (χ3v) is 3.95. The molecule has 0 aliphatic carbocycles. The second-order valence-electron chi connectivity index (χ2n) is 4.48. The van der Waals surface area contributed by atoms with Gasteiger partial charge in [-0.25, -0.2) is 0 Å². The summed E-state index contributed by atoms with van der Waals surface area (Å²) in [4.78, 5) is 6.46. The molecule has 0 bridgehead atoms. The van der Waals surface area contributed by atoms with Gasteiger partial charge in [0, 0.05) is 19.2 Å². The summed E-state index contributed by atoms with van der Waals surface area (Å²) in [5.41, 5.74) is 2.34. The predicted molar refractivity (Wildman–Crippen MR) is 85.9 cm³/mol. The maximum Gasteiger partial charge on any atom is 0.212 e. The highest BCUT2D eigenvalue weighted by Crippen LogP contribution is 2.28. The number of aryl methyl sites for hydroxylation is 1. The van der Waals surface area contributed by atoms with Gasteiger partial charge in [-0.2, -0.15) is 0 Å². The Morgan fingerprint density at radius 3 is 2.75 bits per heavy atom. The molecule has 3 rings (SSSR count). The number of halogens is 1. The minimum atomic E-state index is 0. The van der Waals surface area contributed by atoms with Gasteiger partial charge in [-0.3, -0.25) is 4.99 Å². The van der Waals surface area contributed by atoms with Crippen LogP contribution in [0.4, 0.5) is 5.13 Å². The first-order chi connectivity index (χ1) is 9.24. The fourth-order valence-corrected chi connectivity index (χ4v) is 2.79. The van der Waals surface area contributed by atoms with Gasteiger partial charge < -0.3 is 10.2 Å². The molecule has 2 heterocycles. The lowest BCUT2D eigenvalue weighted by Crippen LogP contribution is -2.28. The van der Waals surface area contributed by atoms with Crippen molar-refractivity contribution in [2.45, 2.75) is 6.92 Å². The molecule has 106 valence electrons. The number of benzene rings is 1. The molecule has 0 unspecified atom stereocenters. The fourth-order valence-electron chi connectivity index (χ4n) is 1.96. The summed E-state index contributed by atoms with van der Waals surface area (Å²) in [5.74, 6) is 0.868. The Hall–Kier alpha value is -1.66. The first-order valence-electron chi connectivity index (χ1n) is 6.16. The Kier molecular flexibility index (Phi) is 4.57. The molecule has 20 heavy (non-hydrogen) atoms. The molecular weight excluding hydrogens is 294 g/mol. The average Bonchev–Trinajstić information content (AvgIpc) is 3.01. The minimum Gasteiger partial charge on any atom is -0.344 e. The lowest BCUT2D eigenvalue weighted by atomic mass is 10.1. The molecule has 1 N–H and O–H groups in total. The van der Waals surface area contributed by atoms with Gasteiger partial charge >= 0.3 is 0 Å². The van der Waals surface area contributed by atoms with Crippen molar-refractivity contribution in [3.8, 4) is 10.6 Å². The van der Waals surface area contributed by atoms with Crippen molar-refractivity contribution in [1.82, 2.24) is 15.1 Å². The largest absolute Gasteiger partial charge is 0.344 e. The van der Waals surface area contributed by atoms with Crippen molar-refractivity contribution in [1.29, 1.82) is 0 Å². The van der Waals surface area contributed by atoms with Crippen LogP contribution >= 0.6 is 23.7 Å². The van der Waals surface area contributed by atoms with Crippen molar-refractivity contribution < 1.29 is 0 Å². The number of hydrogen-bond acceptors (Lipinski definition) is 6. The van der Waals surface area contributed by atoms with E-state index in [1.165, 1.54) is 5.56 Å². The van der Waals surface area contributed by atoms with Crippen molar-refractivity contribution in [3.05, 3.63) is 29.8 Å². The number of likely N-dealkylation sites (N-methyl/N-ethyl adjacent to an activating group) is 1. The number of aromatic nitrogens is 2. The third kappa shape index (κ3) is 2.91.